The van der Waals surface area contributed by atoms with E-state index in [-0.39, 0.29) is 67.9 Å². The molecule has 0 aromatic carbocycles. The first kappa shape index (κ1) is 66.3. The fraction of sp³-hybridized carbons (Fsp3) is 1.00. The van der Waals surface area contributed by atoms with Crippen molar-refractivity contribution in [3.05, 3.63) is 0 Å². The second-order valence-electron chi connectivity index (χ2n) is 0. The van der Waals surface area contributed by atoms with E-state index in [1.165, 1.54) is 0 Å². The molecule has 0 aromatic heterocycles. The van der Waals surface area contributed by atoms with Gasteiger partial charge in [0.05, 0.1) is 0 Å². The van der Waals surface area contributed by atoms with Crippen molar-refractivity contribution in [2.45, 2.75) is 55.4 Å². The number of halogens is 4. The van der Waals surface area contributed by atoms with E-state index in [0.717, 1.165) is 0 Å². The molecule has 0 N–H and O–H groups in total. The molecule has 0 heterocycles. The summed E-state index contributed by atoms with van der Waals surface area (Å²) in [5.74, 6) is 0. The summed E-state index contributed by atoms with van der Waals surface area (Å²) in [7, 11) is 0. The molecule has 4 heteroatoms. The van der Waals surface area contributed by atoms with Gasteiger partial charge in [-0.1, -0.05) is 55.4 Å². The van der Waals surface area contributed by atoms with Gasteiger partial charge < -0.3 is 0 Å². The van der Waals surface area contributed by atoms with E-state index in [1.54, 1.807) is 0 Å². The van der Waals surface area contributed by atoms with Crippen molar-refractivity contribution in [2.24, 2.45) is 0 Å². The van der Waals surface area contributed by atoms with E-state index in [0.29, 0.717) is 0 Å². The van der Waals surface area contributed by atoms with Gasteiger partial charge in [0.2, 0.25) is 0 Å². The van der Waals surface area contributed by atoms with Crippen LogP contribution in [0.4, 0.5) is 0 Å². The van der Waals surface area contributed by atoms with Gasteiger partial charge in [0, 0.05) is 0 Å². The zero-order chi connectivity index (χ0) is 8.00. The van der Waals surface area contributed by atoms with Gasteiger partial charge in [0.25, 0.3) is 0 Å². The second-order valence-corrected chi connectivity index (χ2v) is 0. The Bertz CT molecular complexity index is 11.0. The third-order valence-corrected chi connectivity index (χ3v) is 0. The lowest BCUT2D eigenvalue weighted by Gasteiger charge is -1.07. The van der Waals surface area contributed by atoms with Crippen LogP contribution in [0.15, 0.2) is 0 Å². The smallest absolute Gasteiger partial charge is 0.0683 e. The maximum atomic E-state index is 2.00. The van der Waals surface area contributed by atoms with Crippen LogP contribution in [0.2, 0.25) is 0 Å². The van der Waals surface area contributed by atoms with Gasteiger partial charge in [0.1, 0.15) is 0 Å². The fourth-order valence-corrected chi connectivity index (χ4v) is 0. The molecule has 0 aromatic rings. The molecular weight excluding hydrogens is 416 g/mol. The molecule has 0 saturated heterocycles. The molecule has 0 radical (unpaired) electrons. The largest absolute Gasteiger partial charge is 0.114 e. The summed E-state index contributed by atoms with van der Waals surface area (Å²) in [5.41, 5.74) is 0. The van der Waals surface area contributed by atoms with Gasteiger partial charge in [-0.05, 0) is 0 Å². The SMILES string of the molecule is Br.Br.Br.Br.CC.CC.CC.CC. The summed E-state index contributed by atoms with van der Waals surface area (Å²) in [6, 6.07) is 0. The Kier molecular flexibility index (Phi) is 2750. The van der Waals surface area contributed by atoms with Gasteiger partial charge in [0.15, 0.2) is 0 Å². The topological polar surface area (TPSA) is 0 Å². The molecule has 0 atom stereocenters. The van der Waals surface area contributed by atoms with Crippen LogP contribution in [0, 0.1) is 0 Å². The van der Waals surface area contributed by atoms with E-state index >= 15 is 0 Å². The zero-order valence-corrected chi connectivity index (χ0v) is 16.5. The highest BCUT2D eigenvalue weighted by molar-refractivity contribution is 8.93. The standard InChI is InChI=1S/4C2H6.4BrH/c4*1-2;;;;/h4*1-2H3;4*1H. The van der Waals surface area contributed by atoms with Crippen LogP contribution in [0.1, 0.15) is 55.4 Å². The van der Waals surface area contributed by atoms with Crippen LogP contribution < -0.4 is 0 Å². The first-order valence-electron chi connectivity index (χ1n) is 4.00. The Balaban J connectivity index is -0.00000000267. The van der Waals surface area contributed by atoms with E-state index in [4.69, 9.17) is 0 Å². The van der Waals surface area contributed by atoms with E-state index < -0.39 is 0 Å². The van der Waals surface area contributed by atoms with Crippen LogP contribution in [-0.2, 0) is 0 Å². The maximum Gasteiger partial charge on any atom is -0.0683 e. The molecule has 0 fully saturated rings. The van der Waals surface area contributed by atoms with Gasteiger partial charge in [-0.15, -0.1) is 67.9 Å². The summed E-state index contributed by atoms with van der Waals surface area (Å²) in [6.07, 6.45) is 0. The minimum Gasteiger partial charge on any atom is -0.114 e. The quantitative estimate of drug-likeness (QED) is 0.405. The Labute approximate surface area is 122 Å². The molecule has 0 saturated carbocycles. The summed E-state index contributed by atoms with van der Waals surface area (Å²) in [6.45, 7) is 16.0. The van der Waals surface area contributed by atoms with Gasteiger partial charge in [-0.25, -0.2) is 0 Å². The van der Waals surface area contributed by atoms with E-state index in [2.05, 4.69) is 0 Å². The Morgan fingerprint density at radius 3 is 0.250 bits per heavy atom. The molecule has 0 aliphatic heterocycles. The van der Waals surface area contributed by atoms with E-state index in [1.807, 2.05) is 55.4 Å². The van der Waals surface area contributed by atoms with Gasteiger partial charge >= 0.3 is 0 Å². The Morgan fingerprint density at radius 1 is 0.250 bits per heavy atom. The number of hydrogen-bond acceptors (Lipinski definition) is 0. The van der Waals surface area contributed by atoms with Gasteiger partial charge in [-0.3, -0.25) is 0 Å². The lowest BCUT2D eigenvalue weighted by molar-refractivity contribution is 1.50. The molecule has 0 nitrogen and oxygen atoms in total. The van der Waals surface area contributed by atoms with Crippen molar-refractivity contribution in [1.82, 2.24) is 0 Å². The summed E-state index contributed by atoms with van der Waals surface area (Å²) in [5, 5.41) is 0. The van der Waals surface area contributed by atoms with Gasteiger partial charge in [-0.2, -0.15) is 0 Å². The monoisotopic (exact) mass is 440 g/mol. The average molecular weight is 444 g/mol. The molecule has 0 rings (SSSR count). The van der Waals surface area contributed by atoms with Crippen LogP contribution in [0.3, 0.4) is 0 Å². The first-order chi connectivity index (χ1) is 4.00. The van der Waals surface area contributed by atoms with Crippen molar-refractivity contribution in [3.8, 4) is 0 Å². The molecule has 0 bridgehead atoms. The van der Waals surface area contributed by atoms with Crippen molar-refractivity contribution >= 4 is 67.9 Å². The summed E-state index contributed by atoms with van der Waals surface area (Å²) < 4.78 is 0. The van der Waals surface area contributed by atoms with E-state index in [9.17, 15) is 0 Å². The van der Waals surface area contributed by atoms with Crippen molar-refractivity contribution < 1.29 is 0 Å². The average Bonchev–Trinajstić information content (AvgIpc) is 2.03. The Morgan fingerprint density at radius 2 is 0.250 bits per heavy atom. The first-order valence-corrected chi connectivity index (χ1v) is 4.00. The molecule has 0 amide bonds. The number of hydrogen-bond donors (Lipinski definition) is 0. The van der Waals surface area contributed by atoms with Crippen LogP contribution in [0.25, 0.3) is 0 Å². The molecule has 12 heavy (non-hydrogen) atoms. The molecule has 0 spiro atoms. The highest BCUT2D eigenvalue weighted by Crippen LogP contribution is 1.15. The highest BCUT2D eigenvalue weighted by Gasteiger charge is 0.938. The summed E-state index contributed by atoms with van der Waals surface area (Å²) in [4.78, 5) is 0. The maximum absolute atomic E-state index is 2.00. The lowest BCUT2D eigenvalue weighted by atomic mass is 11.0. The van der Waals surface area contributed by atoms with Crippen LogP contribution in [-0.4, -0.2) is 0 Å². The zero-order valence-electron chi connectivity index (χ0n) is 9.63. The molecule has 0 aliphatic carbocycles. The third kappa shape index (κ3) is 386. The number of rotatable bonds is 0. The normalized spacial score (nSPS) is 2.00. The fourth-order valence-electron chi connectivity index (χ4n) is 0. The third-order valence-electron chi connectivity index (χ3n) is 0. The van der Waals surface area contributed by atoms with Crippen molar-refractivity contribution in [1.29, 1.82) is 0 Å². The van der Waals surface area contributed by atoms with Crippen LogP contribution in [0.5, 0.6) is 0 Å². The molecule has 0 aliphatic rings. The lowest BCUT2D eigenvalue weighted by Crippen LogP contribution is -0.856. The molecule has 88 valence electrons. The molecular formula is C8H28Br4. The Hall–Kier alpha value is 1.92. The second kappa shape index (κ2) is 498. The highest BCUT2D eigenvalue weighted by atomic mass is 79.9. The summed E-state index contributed by atoms with van der Waals surface area (Å²) >= 11 is 0. The predicted molar refractivity (Wildman–Crippen MR) is 86.7 cm³/mol. The minimum atomic E-state index is 0. The van der Waals surface area contributed by atoms with Crippen molar-refractivity contribution in [2.75, 3.05) is 0 Å². The minimum absolute atomic E-state index is 0. The van der Waals surface area contributed by atoms with Crippen LogP contribution >= 0.6 is 67.9 Å². The molecule has 0 unspecified atom stereocenters. The van der Waals surface area contributed by atoms with Crippen molar-refractivity contribution in [3.63, 3.8) is 0 Å². The predicted octanol–water partition coefficient (Wildman–Crippen LogP) is 6.42.